The largest absolute Gasteiger partial charge is 0.383 e. The van der Waals surface area contributed by atoms with Gasteiger partial charge >= 0.3 is 0 Å². The van der Waals surface area contributed by atoms with Crippen molar-refractivity contribution in [3.8, 4) is 11.1 Å². The van der Waals surface area contributed by atoms with Crippen molar-refractivity contribution in [3.05, 3.63) is 35.3 Å². The number of methoxy groups -OCH3 is 1. The lowest BCUT2D eigenvalue weighted by Gasteiger charge is -2.06. The third kappa shape index (κ3) is 2.81. The molecule has 2 rings (SSSR count). The van der Waals surface area contributed by atoms with E-state index >= 15 is 0 Å². The fraction of sp³-hybridized carbons (Fsp3) is 0.250. The third-order valence-corrected chi connectivity index (χ3v) is 2.91. The predicted octanol–water partition coefficient (Wildman–Crippen LogP) is 2.87. The van der Waals surface area contributed by atoms with E-state index in [1.807, 2.05) is 12.4 Å². The highest BCUT2D eigenvalue weighted by atomic mass is 32.1. The molecule has 3 nitrogen and oxygen atoms in total. The van der Waals surface area contributed by atoms with Crippen LogP contribution in [-0.4, -0.2) is 25.2 Å². The Morgan fingerprint density at radius 2 is 2.31 bits per heavy atom. The minimum Gasteiger partial charge on any atom is -0.383 e. The smallest absolute Gasteiger partial charge is 0.0635 e. The van der Waals surface area contributed by atoms with Gasteiger partial charge in [-0.2, -0.15) is 11.3 Å². The minimum atomic E-state index is 0.697. The standard InChI is InChI=1S/C12H14N2OS/c1-15-4-3-14-12-6-11(7-13-8-12)10-2-5-16-9-10/h2,5-9,14H,3-4H2,1H3. The van der Waals surface area contributed by atoms with Crippen LogP contribution in [0.25, 0.3) is 11.1 Å². The average molecular weight is 234 g/mol. The van der Waals surface area contributed by atoms with E-state index in [1.165, 1.54) is 5.56 Å². The molecular formula is C12H14N2OS. The molecule has 0 aliphatic heterocycles. The first-order valence-corrected chi connectivity index (χ1v) is 6.05. The van der Waals surface area contributed by atoms with E-state index in [0.717, 1.165) is 17.8 Å². The number of rotatable bonds is 5. The van der Waals surface area contributed by atoms with Crippen molar-refractivity contribution >= 4 is 17.0 Å². The monoisotopic (exact) mass is 234 g/mol. The Balaban J connectivity index is 2.08. The molecule has 4 heteroatoms. The van der Waals surface area contributed by atoms with E-state index < -0.39 is 0 Å². The van der Waals surface area contributed by atoms with Crippen LogP contribution in [0.1, 0.15) is 0 Å². The summed E-state index contributed by atoms with van der Waals surface area (Å²) in [5.74, 6) is 0. The van der Waals surface area contributed by atoms with Crippen LogP contribution in [0.5, 0.6) is 0 Å². The number of pyridine rings is 1. The van der Waals surface area contributed by atoms with Gasteiger partial charge in [0.25, 0.3) is 0 Å². The zero-order valence-corrected chi connectivity index (χ0v) is 9.96. The molecule has 0 aromatic carbocycles. The second kappa shape index (κ2) is 5.63. The molecule has 0 fully saturated rings. The van der Waals surface area contributed by atoms with Crippen LogP contribution in [0.4, 0.5) is 5.69 Å². The van der Waals surface area contributed by atoms with Crippen molar-refractivity contribution in [1.29, 1.82) is 0 Å². The van der Waals surface area contributed by atoms with E-state index in [4.69, 9.17) is 4.74 Å². The summed E-state index contributed by atoms with van der Waals surface area (Å²) in [5.41, 5.74) is 3.39. The average Bonchev–Trinajstić information content (AvgIpc) is 2.83. The van der Waals surface area contributed by atoms with E-state index in [0.29, 0.717) is 6.61 Å². The van der Waals surface area contributed by atoms with Gasteiger partial charge in [-0.15, -0.1) is 0 Å². The van der Waals surface area contributed by atoms with Gasteiger partial charge in [0, 0.05) is 31.6 Å². The van der Waals surface area contributed by atoms with Gasteiger partial charge in [0.05, 0.1) is 12.3 Å². The van der Waals surface area contributed by atoms with Crippen molar-refractivity contribution in [3.63, 3.8) is 0 Å². The summed E-state index contributed by atoms with van der Waals surface area (Å²) in [5, 5.41) is 7.45. The van der Waals surface area contributed by atoms with Crippen molar-refractivity contribution in [2.45, 2.75) is 0 Å². The Bertz CT molecular complexity index is 428. The number of nitrogens with zero attached hydrogens (tertiary/aromatic N) is 1. The molecule has 0 aliphatic carbocycles. The van der Waals surface area contributed by atoms with E-state index in [1.54, 1.807) is 18.4 Å². The highest BCUT2D eigenvalue weighted by Gasteiger charge is 1.99. The van der Waals surface area contributed by atoms with Crippen LogP contribution >= 0.6 is 11.3 Å². The number of anilines is 1. The molecule has 0 saturated carbocycles. The minimum absolute atomic E-state index is 0.697. The normalized spacial score (nSPS) is 10.3. The fourth-order valence-corrected chi connectivity index (χ4v) is 2.09. The van der Waals surface area contributed by atoms with Gasteiger partial charge in [-0.3, -0.25) is 4.98 Å². The first-order valence-electron chi connectivity index (χ1n) is 5.10. The summed E-state index contributed by atoms with van der Waals surface area (Å²) in [6, 6.07) is 4.20. The Hall–Kier alpha value is -1.39. The molecule has 0 radical (unpaired) electrons. The summed E-state index contributed by atoms with van der Waals surface area (Å²) in [4.78, 5) is 4.22. The fourth-order valence-electron chi connectivity index (χ4n) is 1.42. The van der Waals surface area contributed by atoms with Crippen molar-refractivity contribution in [2.24, 2.45) is 0 Å². The first-order chi connectivity index (χ1) is 7.90. The Morgan fingerprint density at radius 1 is 1.38 bits per heavy atom. The van der Waals surface area contributed by atoms with E-state index in [2.05, 4.69) is 33.2 Å². The van der Waals surface area contributed by atoms with Gasteiger partial charge < -0.3 is 10.1 Å². The molecule has 0 unspecified atom stereocenters. The van der Waals surface area contributed by atoms with Crippen LogP contribution in [0, 0.1) is 0 Å². The van der Waals surface area contributed by atoms with Crippen molar-refractivity contribution in [1.82, 2.24) is 4.98 Å². The zero-order chi connectivity index (χ0) is 11.2. The van der Waals surface area contributed by atoms with Gasteiger partial charge in [0.15, 0.2) is 0 Å². The molecule has 0 aliphatic rings. The van der Waals surface area contributed by atoms with Crippen LogP contribution in [0.15, 0.2) is 35.3 Å². The molecule has 0 bridgehead atoms. The Kier molecular flexibility index (Phi) is 3.91. The molecule has 0 spiro atoms. The van der Waals surface area contributed by atoms with Crippen LogP contribution in [0.3, 0.4) is 0 Å². The number of hydrogen-bond donors (Lipinski definition) is 1. The van der Waals surface area contributed by atoms with E-state index in [-0.39, 0.29) is 0 Å². The maximum Gasteiger partial charge on any atom is 0.0635 e. The lowest BCUT2D eigenvalue weighted by Crippen LogP contribution is -2.07. The molecule has 2 aromatic heterocycles. The first kappa shape index (κ1) is 11.1. The summed E-state index contributed by atoms with van der Waals surface area (Å²) < 4.78 is 4.98. The van der Waals surface area contributed by atoms with Gasteiger partial charge in [-0.25, -0.2) is 0 Å². The topological polar surface area (TPSA) is 34.1 Å². The number of thiophene rings is 1. The van der Waals surface area contributed by atoms with E-state index in [9.17, 15) is 0 Å². The van der Waals surface area contributed by atoms with Gasteiger partial charge in [-0.05, 0) is 28.5 Å². The highest BCUT2D eigenvalue weighted by molar-refractivity contribution is 7.08. The Morgan fingerprint density at radius 3 is 3.06 bits per heavy atom. The molecule has 0 amide bonds. The number of aromatic nitrogens is 1. The van der Waals surface area contributed by atoms with Crippen molar-refractivity contribution < 1.29 is 4.74 Å². The summed E-state index contributed by atoms with van der Waals surface area (Å²) in [6.45, 7) is 1.49. The lowest BCUT2D eigenvalue weighted by atomic mass is 10.1. The van der Waals surface area contributed by atoms with Gasteiger partial charge in [0.2, 0.25) is 0 Å². The molecule has 2 heterocycles. The Labute approximate surface area is 99.1 Å². The SMILES string of the molecule is COCCNc1cncc(-c2ccsc2)c1. The molecular weight excluding hydrogens is 220 g/mol. The highest BCUT2D eigenvalue weighted by Crippen LogP contribution is 2.23. The third-order valence-electron chi connectivity index (χ3n) is 2.23. The molecule has 16 heavy (non-hydrogen) atoms. The number of nitrogens with one attached hydrogen (secondary N) is 1. The second-order valence-corrected chi connectivity index (χ2v) is 4.17. The molecule has 0 atom stereocenters. The molecule has 2 aromatic rings. The quantitative estimate of drug-likeness (QED) is 0.808. The summed E-state index contributed by atoms with van der Waals surface area (Å²) >= 11 is 1.69. The van der Waals surface area contributed by atoms with Crippen LogP contribution in [-0.2, 0) is 4.74 Å². The lowest BCUT2D eigenvalue weighted by molar-refractivity contribution is 0.211. The molecule has 84 valence electrons. The molecule has 0 saturated heterocycles. The second-order valence-electron chi connectivity index (χ2n) is 3.39. The summed E-state index contributed by atoms with van der Waals surface area (Å²) in [6.07, 6.45) is 3.70. The zero-order valence-electron chi connectivity index (χ0n) is 9.14. The van der Waals surface area contributed by atoms with Crippen molar-refractivity contribution in [2.75, 3.05) is 25.6 Å². The maximum absolute atomic E-state index is 4.98. The number of ether oxygens (including phenoxy) is 1. The van der Waals surface area contributed by atoms with Crippen LogP contribution < -0.4 is 5.32 Å². The van der Waals surface area contributed by atoms with Gasteiger partial charge in [-0.1, -0.05) is 0 Å². The predicted molar refractivity (Wildman–Crippen MR) is 67.9 cm³/mol. The number of hydrogen-bond acceptors (Lipinski definition) is 4. The van der Waals surface area contributed by atoms with Gasteiger partial charge in [0.1, 0.15) is 0 Å². The molecule has 1 N–H and O–H groups in total. The summed E-state index contributed by atoms with van der Waals surface area (Å²) in [7, 11) is 1.70. The van der Waals surface area contributed by atoms with Crippen LogP contribution in [0.2, 0.25) is 0 Å². The maximum atomic E-state index is 4.98.